The van der Waals surface area contributed by atoms with Gasteiger partial charge in [-0.15, -0.1) is 18.0 Å². The van der Waals surface area contributed by atoms with Crippen molar-refractivity contribution in [3.05, 3.63) is 130 Å². The molecule has 3 unspecified atom stereocenters. The number of carboxylic acids is 1. The van der Waals surface area contributed by atoms with Gasteiger partial charge in [-0.2, -0.15) is 13.2 Å². The smallest absolute Gasteiger partial charge is 0.416 e. The molecule has 0 spiro atoms. The van der Waals surface area contributed by atoms with Crippen LogP contribution in [0.2, 0.25) is 0 Å². The molecule has 0 saturated heterocycles. The molecule has 4 heterocycles. The second-order valence-corrected chi connectivity index (χ2v) is 30.5. The Morgan fingerprint density at radius 1 is 0.949 bits per heavy atom. The molecule has 3 atom stereocenters. The normalized spacial score (nSPS) is 16.3. The van der Waals surface area contributed by atoms with E-state index in [9.17, 15) is 69.0 Å². The molecule has 4 aromatic carbocycles. The van der Waals surface area contributed by atoms with Crippen LogP contribution in [0.1, 0.15) is 104 Å². The first kappa shape index (κ1) is 82.3. The average Bonchev–Trinajstić information content (AvgIpc) is 1.35. The zero-order chi connectivity index (χ0) is 74.0. The number of carbonyl (C=O) groups is 7. The number of aliphatic carboxylic acids is 1. The van der Waals surface area contributed by atoms with Gasteiger partial charge in [0.2, 0.25) is 5.91 Å². The summed E-state index contributed by atoms with van der Waals surface area (Å²) in [5.74, 6) is -0.832. The number of aryl methyl sites for hydroxylation is 2. The van der Waals surface area contributed by atoms with Gasteiger partial charge in [-0.3, -0.25) is 43.8 Å². The SMILES string of the molecule is C#CCN1C(=O)COc2cc(F)c(N3C(=O)C4=C(CCCC4)C3=O)cc21.CC1COc2ccccc2N1C(=O)C(Cl)Cl.CCc1cccc(C)c1N(C(=O)CCl)C(C)COC.CS(=O)(=O)c1cc(C(F)(F)F)ccc1C(=O)c1cnoc1C1CC1.C[S+](C)C.O=C(O)CNCP(=O)([O-])O. The number of hydrogen-bond donors (Lipinski definition) is 3. The molecule has 33 heteroatoms. The number of amides is 5. The molecule has 538 valence electrons. The van der Waals surface area contributed by atoms with Crippen LogP contribution in [0.5, 0.6) is 11.5 Å². The van der Waals surface area contributed by atoms with Crippen molar-refractivity contribution in [3.8, 4) is 23.8 Å². The lowest BCUT2D eigenvalue weighted by atomic mass is 9.93. The summed E-state index contributed by atoms with van der Waals surface area (Å²) >= 11 is 17.0. The number of carboxylic acid groups (broad SMARTS) is 1. The number of carbonyl (C=O) groups excluding carboxylic acids is 6. The zero-order valence-corrected chi connectivity index (χ0v) is 60.3. The van der Waals surface area contributed by atoms with Crippen LogP contribution in [-0.2, 0) is 71.4 Å². The zero-order valence-electron chi connectivity index (χ0n) is 55.5. The van der Waals surface area contributed by atoms with Crippen LogP contribution in [0.25, 0.3) is 0 Å². The Morgan fingerprint density at radius 2 is 1.58 bits per heavy atom. The summed E-state index contributed by atoms with van der Waals surface area (Å²) in [6.07, 6.45) is 13.6. The number of anilines is 4. The molecule has 3 N–H and O–H groups in total. The van der Waals surface area contributed by atoms with E-state index in [1.54, 1.807) is 16.9 Å². The fraction of sp³-hybridized carbons (Fsp3) is 0.424. The number of ketones is 1. The predicted molar refractivity (Wildman–Crippen MR) is 367 cm³/mol. The maximum atomic E-state index is 14.7. The van der Waals surface area contributed by atoms with E-state index >= 15 is 0 Å². The molecule has 0 radical (unpaired) electrons. The Bertz CT molecular complexity index is 3980. The largest absolute Gasteiger partial charge is 0.778 e. The van der Waals surface area contributed by atoms with Crippen molar-refractivity contribution in [1.82, 2.24) is 10.5 Å². The third kappa shape index (κ3) is 22.6. The molecular weight excluding hydrogens is 1430 g/mol. The number of alkyl halides is 6. The first-order chi connectivity index (χ1) is 46.4. The van der Waals surface area contributed by atoms with Crippen molar-refractivity contribution in [2.75, 3.05) is 96.8 Å². The van der Waals surface area contributed by atoms with Crippen molar-refractivity contribution < 1.29 is 97.7 Å². The topological polar surface area (TPSA) is 313 Å². The lowest BCUT2D eigenvalue weighted by Gasteiger charge is -2.35. The minimum Gasteiger partial charge on any atom is -0.778 e. The first-order valence-corrected chi connectivity index (χ1v) is 37.9. The van der Waals surface area contributed by atoms with Gasteiger partial charge in [0.15, 0.2) is 38.6 Å². The van der Waals surface area contributed by atoms with Gasteiger partial charge >= 0.3 is 12.1 Å². The number of imide groups is 1. The number of nitrogens with one attached hydrogen (secondary N) is 1. The average molecular weight is 1500 g/mol. The van der Waals surface area contributed by atoms with Gasteiger partial charge < -0.3 is 48.0 Å². The van der Waals surface area contributed by atoms with E-state index in [1.807, 2.05) is 62.5 Å². The number of benzene rings is 4. The maximum Gasteiger partial charge on any atom is 0.416 e. The van der Waals surface area contributed by atoms with Crippen LogP contribution in [0.15, 0.2) is 99.6 Å². The van der Waals surface area contributed by atoms with Crippen molar-refractivity contribution in [1.29, 1.82) is 0 Å². The number of nitrogens with zero attached hydrogens (tertiary/aromatic N) is 5. The highest BCUT2D eigenvalue weighted by Gasteiger charge is 2.43. The van der Waals surface area contributed by atoms with Crippen LogP contribution in [-0.4, -0.2) is 159 Å². The van der Waals surface area contributed by atoms with Crippen LogP contribution in [0.4, 0.5) is 40.3 Å². The number of aromatic nitrogens is 1. The van der Waals surface area contributed by atoms with Gasteiger partial charge in [0.1, 0.15) is 31.6 Å². The Kier molecular flexibility index (Phi) is 30.6. The number of halogens is 7. The standard InChI is InChI=1S/C19H15FN2O4.C15H22ClNO2.C15H12F3NO4S.C11H11Cl2NO2.C3H8NO5P.C3H9S/c1-2-7-21-15-9-14(13(20)8-16(15)26-10-17(21)23)22-18(24)11-5-3-4-6-12(11)19(22)25;1-5-13-8-6-7-11(2)15(13)17(14(18)9-16)12(3)10-19-4;1-24(21,22)12-6-9(15(16,17)18)4-5-10(12)13(20)11-7-19-23-14(11)8-2-3-8;1-7-6-16-9-5-3-2-4-8(9)14(7)11(15)10(12)13;5-3(6)1-4-2-10(7,8)9;1-4(2)3/h1,8-9H,3-7,10H2;6-8,12H,5,9-10H2,1-4H3;4-8H,2-3H2,1H3;2-5,7,10H,6H2,1H3;4H,1-2H2,(H,5,6)(H2,7,8,9);1-3H3/q;;;;;+1/p-1. The van der Waals surface area contributed by atoms with Gasteiger partial charge in [0, 0.05) is 42.1 Å². The van der Waals surface area contributed by atoms with Gasteiger partial charge in [0.05, 0.1) is 102 Å². The molecule has 1 saturated carbocycles. The number of rotatable bonds is 17. The molecule has 0 bridgehead atoms. The van der Waals surface area contributed by atoms with E-state index in [0.29, 0.717) is 71.7 Å². The Balaban J connectivity index is 0.000000226. The number of para-hydroxylation sites is 3. The van der Waals surface area contributed by atoms with E-state index in [1.165, 1.54) is 17.2 Å². The van der Waals surface area contributed by atoms with Crippen molar-refractivity contribution in [2.45, 2.75) is 107 Å². The van der Waals surface area contributed by atoms with Crippen molar-refractivity contribution in [2.24, 2.45) is 0 Å². The molecule has 5 amide bonds. The Hall–Kier alpha value is -7.36. The number of fused-ring (bicyclic) bond motifs is 2. The minimum absolute atomic E-state index is 0.0170. The summed E-state index contributed by atoms with van der Waals surface area (Å²) in [6.45, 7) is 8.16. The number of sulfone groups is 1. The van der Waals surface area contributed by atoms with Crippen molar-refractivity contribution >= 4 is 127 Å². The van der Waals surface area contributed by atoms with E-state index in [0.717, 1.165) is 77.9 Å². The molecule has 23 nitrogen and oxygen atoms in total. The van der Waals surface area contributed by atoms with E-state index in [2.05, 4.69) is 42.8 Å². The van der Waals surface area contributed by atoms with E-state index < -0.39 is 81.1 Å². The molecule has 2 aliphatic carbocycles. The van der Waals surface area contributed by atoms with Crippen LogP contribution >= 0.6 is 42.4 Å². The number of terminal acetylenes is 1. The molecule has 5 aliphatic rings. The van der Waals surface area contributed by atoms with Gasteiger partial charge in [0.25, 0.3) is 23.6 Å². The summed E-state index contributed by atoms with van der Waals surface area (Å²) in [4.78, 5) is 106. The lowest BCUT2D eigenvalue weighted by molar-refractivity contribution is -0.193. The highest BCUT2D eigenvalue weighted by Crippen LogP contribution is 2.44. The Labute approximate surface area is 588 Å². The number of ether oxygens (including phenoxy) is 3. The third-order valence-corrected chi connectivity index (χ3v) is 17.2. The molecule has 99 heavy (non-hydrogen) atoms. The second kappa shape index (κ2) is 36.8. The van der Waals surface area contributed by atoms with E-state index in [-0.39, 0.29) is 83.0 Å². The van der Waals surface area contributed by atoms with Crippen LogP contribution < -0.4 is 39.3 Å². The summed E-state index contributed by atoms with van der Waals surface area (Å²) in [5, 5.41) is 13.5. The van der Waals surface area contributed by atoms with Crippen LogP contribution in [0, 0.1) is 25.1 Å². The minimum atomic E-state index is -4.71. The molecule has 3 aliphatic heterocycles. The lowest BCUT2D eigenvalue weighted by Crippen LogP contribution is -2.47. The molecule has 10 rings (SSSR count). The molecule has 5 aromatic rings. The highest BCUT2D eigenvalue weighted by atomic mass is 35.5. The summed E-state index contributed by atoms with van der Waals surface area (Å²) in [7, 11) is -6.11. The van der Waals surface area contributed by atoms with Crippen LogP contribution in [0.3, 0.4) is 0 Å². The summed E-state index contributed by atoms with van der Waals surface area (Å²) in [5.41, 5.74) is 3.55. The fourth-order valence-corrected chi connectivity index (χ4v) is 12.0. The van der Waals surface area contributed by atoms with Crippen molar-refractivity contribution in [3.63, 3.8) is 0 Å². The molecule has 1 aromatic heterocycles. The van der Waals surface area contributed by atoms with E-state index in [4.69, 9.17) is 70.0 Å². The maximum absolute atomic E-state index is 14.7. The summed E-state index contributed by atoms with van der Waals surface area (Å²) < 4.78 is 108. The summed E-state index contributed by atoms with van der Waals surface area (Å²) in [6, 6.07) is 17.7. The molecule has 1 fully saturated rings. The molecular formula is C66H76Cl3F4N6O17PS2. The number of methoxy groups -OCH3 is 1. The third-order valence-electron chi connectivity index (χ3n) is 14.8. The van der Waals surface area contributed by atoms with Gasteiger partial charge in [-0.1, -0.05) is 71.5 Å². The second-order valence-electron chi connectivity index (χ2n) is 23.2. The highest BCUT2D eigenvalue weighted by molar-refractivity contribution is 7.94. The first-order valence-electron chi connectivity index (χ1n) is 30.4. The predicted octanol–water partition coefficient (Wildman–Crippen LogP) is 9.56. The Morgan fingerprint density at radius 3 is 2.11 bits per heavy atom. The number of hydrogen-bond acceptors (Lipinski definition) is 17. The fourth-order valence-electron chi connectivity index (χ4n) is 10.4. The van der Waals surface area contributed by atoms with Gasteiger partial charge in [-0.05, 0) is 124 Å². The van der Waals surface area contributed by atoms with Gasteiger partial charge in [-0.25, -0.2) is 17.7 Å². The monoisotopic (exact) mass is 1500 g/mol. The quantitative estimate of drug-likeness (QED) is 0.0148.